The first-order valence-electron chi connectivity index (χ1n) is 9.49. The van der Waals surface area contributed by atoms with Crippen LogP contribution in [-0.4, -0.2) is 40.8 Å². The Balaban J connectivity index is 2.23. The summed E-state index contributed by atoms with van der Waals surface area (Å²) in [5.74, 6) is -1.93. The lowest BCUT2D eigenvalue weighted by atomic mass is 10.1. The molecular weight excluding hydrogens is 519 g/mol. The quantitative estimate of drug-likeness (QED) is 0.487. The van der Waals surface area contributed by atoms with E-state index in [1.807, 2.05) is 0 Å². The van der Waals surface area contributed by atoms with E-state index < -0.39 is 29.7 Å². The summed E-state index contributed by atoms with van der Waals surface area (Å²) in [7, 11) is 0. The molecule has 8 nitrogen and oxygen atoms in total. The van der Waals surface area contributed by atoms with Gasteiger partial charge in [-0.15, -0.1) is 11.3 Å². The minimum Gasteiger partial charge on any atom is -0.462 e. The number of amides is 1. The lowest BCUT2D eigenvalue weighted by Crippen LogP contribution is -2.17. The zero-order chi connectivity index (χ0) is 24.2. The number of hydrogen-bond donors (Lipinski definition) is 1. The number of nitrogens with zero attached hydrogens (tertiary/aromatic N) is 2. The Hall–Kier alpha value is -2.41. The molecule has 1 amide bonds. The number of anilines is 1. The van der Waals surface area contributed by atoms with Crippen molar-refractivity contribution >= 4 is 50.1 Å². The van der Waals surface area contributed by atoms with Crippen molar-refractivity contribution in [2.75, 3.05) is 18.5 Å². The SMILES string of the molecule is CCOC(=O)c1sc(NC(=O)CCn2nc(C(F)(F)F)c(Br)c2C)c(C(=O)OCC)c1C. The van der Waals surface area contributed by atoms with Crippen LogP contribution in [0.3, 0.4) is 0 Å². The van der Waals surface area contributed by atoms with Crippen LogP contribution >= 0.6 is 27.3 Å². The van der Waals surface area contributed by atoms with Gasteiger partial charge in [0.15, 0.2) is 5.69 Å². The number of halogens is 4. The van der Waals surface area contributed by atoms with Gasteiger partial charge in [0.25, 0.3) is 0 Å². The standard InChI is InChI=1S/C19H21BrF3N3O5S/c1-5-30-17(28)12-9(3)14(18(29)31-6-2)32-16(12)24-11(27)7-8-26-10(4)13(20)15(25-26)19(21,22)23/h5-8H2,1-4H3,(H,24,27). The molecule has 0 atom stereocenters. The average molecular weight is 540 g/mol. The minimum absolute atomic E-state index is 0.0330. The van der Waals surface area contributed by atoms with E-state index in [9.17, 15) is 27.6 Å². The molecule has 2 heterocycles. The van der Waals surface area contributed by atoms with E-state index in [2.05, 4.69) is 26.3 Å². The van der Waals surface area contributed by atoms with Gasteiger partial charge in [-0.3, -0.25) is 9.48 Å². The maximum atomic E-state index is 13.0. The molecule has 0 fully saturated rings. The van der Waals surface area contributed by atoms with Crippen LogP contribution in [0, 0.1) is 13.8 Å². The van der Waals surface area contributed by atoms with Crippen LogP contribution in [-0.2, 0) is 27.0 Å². The Morgan fingerprint density at radius 2 is 1.72 bits per heavy atom. The smallest absolute Gasteiger partial charge is 0.436 e. The fourth-order valence-corrected chi connectivity index (χ4v) is 4.38. The van der Waals surface area contributed by atoms with Crippen LogP contribution < -0.4 is 5.32 Å². The zero-order valence-electron chi connectivity index (χ0n) is 17.7. The molecule has 13 heteroatoms. The summed E-state index contributed by atoms with van der Waals surface area (Å²) in [5, 5.41) is 6.17. The topological polar surface area (TPSA) is 99.5 Å². The van der Waals surface area contributed by atoms with Crippen molar-refractivity contribution in [1.82, 2.24) is 9.78 Å². The minimum atomic E-state index is -4.64. The highest BCUT2D eigenvalue weighted by molar-refractivity contribution is 9.10. The molecule has 2 aromatic rings. The van der Waals surface area contributed by atoms with E-state index in [1.165, 1.54) is 13.8 Å². The first-order chi connectivity index (χ1) is 14.9. The van der Waals surface area contributed by atoms with Crippen LogP contribution in [0.5, 0.6) is 0 Å². The Labute approximate surface area is 194 Å². The van der Waals surface area contributed by atoms with Crippen LogP contribution in [0.2, 0.25) is 0 Å². The Morgan fingerprint density at radius 1 is 1.12 bits per heavy atom. The summed E-state index contributed by atoms with van der Waals surface area (Å²) in [5.41, 5.74) is -0.517. The highest BCUT2D eigenvalue weighted by atomic mass is 79.9. The zero-order valence-corrected chi connectivity index (χ0v) is 20.1. The van der Waals surface area contributed by atoms with Crippen molar-refractivity contribution in [2.45, 2.75) is 46.8 Å². The molecular formula is C19H21BrF3N3O5S. The average Bonchev–Trinajstić information content (AvgIpc) is 3.17. The molecule has 0 spiro atoms. The summed E-state index contributed by atoms with van der Waals surface area (Å²) >= 11 is 3.74. The summed E-state index contributed by atoms with van der Waals surface area (Å²) in [6, 6.07) is 0. The number of carbonyl (C=O) groups is 3. The number of aromatic nitrogens is 2. The first kappa shape index (κ1) is 25.8. The van der Waals surface area contributed by atoms with Gasteiger partial charge >= 0.3 is 18.1 Å². The van der Waals surface area contributed by atoms with E-state index in [4.69, 9.17) is 9.47 Å². The van der Waals surface area contributed by atoms with E-state index in [-0.39, 0.29) is 51.8 Å². The van der Waals surface area contributed by atoms with Gasteiger partial charge < -0.3 is 14.8 Å². The molecule has 32 heavy (non-hydrogen) atoms. The number of alkyl halides is 3. The normalized spacial score (nSPS) is 11.4. The molecule has 0 unspecified atom stereocenters. The van der Waals surface area contributed by atoms with Gasteiger partial charge in [-0.2, -0.15) is 18.3 Å². The molecule has 0 saturated carbocycles. The number of ether oxygens (including phenoxy) is 2. The number of carbonyl (C=O) groups excluding carboxylic acids is 3. The Kier molecular flexibility index (Phi) is 8.46. The molecule has 0 aliphatic heterocycles. The molecule has 0 aliphatic carbocycles. The lowest BCUT2D eigenvalue weighted by Gasteiger charge is -2.08. The molecule has 0 saturated heterocycles. The Morgan fingerprint density at radius 3 is 2.25 bits per heavy atom. The largest absolute Gasteiger partial charge is 0.462 e. The maximum Gasteiger partial charge on any atom is 0.436 e. The third kappa shape index (κ3) is 5.68. The van der Waals surface area contributed by atoms with Crippen molar-refractivity contribution < 1.29 is 37.0 Å². The second-order valence-corrected chi connectivity index (χ2v) is 8.28. The van der Waals surface area contributed by atoms with Gasteiger partial charge in [0, 0.05) is 6.42 Å². The predicted molar refractivity (Wildman–Crippen MR) is 114 cm³/mol. The van der Waals surface area contributed by atoms with Crippen LogP contribution in [0.1, 0.15) is 57.2 Å². The van der Waals surface area contributed by atoms with Gasteiger partial charge in [-0.05, 0) is 49.2 Å². The lowest BCUT2D eigenvalue weighted by molar-refractivity contribution is -0.142. The summed E-state index contributed by atoms with van der Waals surface area (Å²) in [6.45, 7) is 6.32. The molecule has 2 rings (SSSR count). The van der Waals surface area contributed by atoms with Crippen molar-refractivity contribution in [3.63, 3.8) is 0 Å². The molecule has 2 aromatic heterocycles. The number of nitrogens with one attached hydrogen (secondary N) is 1. The summed E-state index contributed by atoms with van der Waals surface area (Å²) < 4.78 is 49.9. The number of rotatable bonds is 8. The fraction of sp³-hybridized carbons (Fsp3) is 0.474. The van der Waals surface area contributed by atoms with Crippen LogP contribution in [0.15, 0.2) is 4.47 Å². The third-order valence-electron chi connectivity index (χ3n) is 4.29. The van der Waals surface area contributed by atoms with Crippen molar-refractivity contribution in [2.24, 2.45) is 0 Å². The monoisotopic (exact) mass is 539 g/mol. The van der Waals surface area contributed by atoms with E-state index in [0.29, 0.717) is 5.56 Å². The molecule has 0 aliphatic rings. The van der Waals surface area contributed by atoms with Crippen molar-refractivity contribution in [3.05, 3.63) is 31.9 Å². The molecule has 0 aromatic carbocycles. The highest BCUT2D eigenvalue weighted by Gasteiger charge is 2.38. The maximum absolute atomic E-state index is 13.0. The number of esters is 2. The van der Waals surface area contributed by atoms with Gasteiger partial charge in [-0.25, -0.2) is 9.59 Å². The number of aryl methyl sites for hydroxylation is 1. The predicted octanol–water partition coefficient (Wildman–Crippen LogP) is 4.72. The van der Waals surface area contributed by atoms with Crippen molar-refractivity contribution in [3.8, 4) is 0 Å². The molecule has 0 bridgehead atoms. The van der Waals surface area contributed by atoms with Gasteiger partial charge in [0.1, 0.15) is 9.88 Å². The second-order valence-electron chi connectivity index (χ2n) is 6.47. The first-order valence-corrected chi connectivity index (χ1v) is 11.1. The molecule has 1 N–H and O–H groups in total. The second kappa shape index (κ2) is 10.5. The van der Waals surface area contributed by atoms with Gasteiger partial charge in [-0.1, -0.05) is 0 Å². The summed E-state index contributed by atoms with van der Waals surface area (Å²) in [4.78, 5) is 37.2. The number of thiophene rings is 1. The van der Waals surface area contributed by atoms with Crippen LogP contribution in [0.4, 0.5) is 18.2 Å². The van der Waals surface area contributed by atoms with Crippen molar-refractivity contribution in [1.29, 1.82) is 0 Å². The molecule has 0 radical (unpaired) electrons. The number of hydrogen-bond acceptors (Lipinski definition) is 7. The van der Waals surface area contributed by atoms with Crippen LogP contribution in [0.25, 0.3) is 0 Å². The fourth-order valence-electron chi connectivity index (χ4n) is 2.76. The summed E-state index contributed by atoms with van der Waals surface area (Å²) in [6.07, 6.45) is -4.86. The Bertz CT molecular complexity index is 1030. The third-order valence-corrected chi connectivity index (χ3v) is 6.43. The van der Waals surface area contributed by atoms with Gasteiger partial charge in [0.05, 0.1) is 35.5 Å². The van der Waals surface area contributed by atoms with Gasteiger partial charge in [0.2, 0.25) is 5.91 Å². The van der Waals surface area contributed by atoms with E-state index in [1.54, 1.807) is 13.8 Å². The molecule has 176 valence electrons. The highest BCUT2D eigenvalue weighted by Crippen LogP contribution is 2.36. The van der Waals surface area contributed by atoms with E-state index in [0.717, 1.165) is 16.0 Å². The van der Waals surface area contributed by atoms with E-state index >= 15 is 0 Å².